The van der Waals surface area contributed by atoms with Gasteiger partial charge in [0.05, 0.1) is 17.0 Å². The third-order valence-corrected chi connectivity index (χ3v) is 6.29. The van der Waals surface area contributed by atoms with Crippen molar-refractivity contribution in [2.45, 2.75) is 38.4 Å². The molecule has 0 radical (unpaired) electrons. The van der Waals surface area contributed by atoms with Crippen LogP contribution in [0.1, 0.15) is 42.4 Å². The van der Waals surface area contributed by atoms with E-state index in [2.05, 4.69) is 27.0 Å². The molecule has 2 aliphatic rings. The van der Waals surface area contributed by atoms with E-state index < -0.39 is 17.6 Å². The van der Waals surface area contributed by atoms with Crippen LogP contribution < -0.4 is 11.2 Å². The Hall–Kier alpha value is -2.98. The molecule has 0 saturated heterocycles. The lowest BCUT2D eigenvalue weighted by molar-refractivity contribution is -0.140. The number of aromatic amines is 1. The van der Waals surface area contributed by atoms with Crippen LogP contribution in [-0.4, -0.2) is 29.6 Å². The number of aliphatic imine (C=N–C) groups is 2. The number of rotatable bonds is 6. The zero-order valence-electron chi connectivity index (χ0n) is 18.0. The number of aromatic nitrogens is 1. The number of alkyl halides is 3. The van der Waals surface area contributed by atoms with Gasteiger partial charge in [0.25, 0.3) is 0 Å². The molecule has 1 aliphatic heterocycles. The van der Waals surface area contributed by atoms with Crippen molar-refractivity contribution in [2.75, 3.05) is 6.54 Å². The Morgan fingerprint density at radius 1 is 1.24 bits per heavy atom. The first-order valence-corrected chi connectivity index (χ1v) is 10.8. The standard InChI is InChI=1S/C23H26F4N6/c1-29-20(21-17-8-9-31-22(17)32-13-33(21)28)16-5-2-14(3-6-16)11-30-12-15-4-7-19(24)18(10-15)23(25,26)27/h4,7-10,13-14,16,30-31H,1-3,5-6,11-12,28H2/b21-20-/t14-,16-. The zero-order chi connectivity index (χ0) is 23.6. The molecule has 176 valence electrons. The van der Waals surface area contributed by atoms with Gasteiger partial charge in [0, 0.05) is 24.2 Å². The summed E-state index contributed by atoms with van der Waals surface area (Å²) in [4.78, 5) is 11.7. The van der Waals surface area contributed by atoms with Crippen molar-refractivity contribution in [3.8, 4) is 0 Å². The van der Waals surface area contributed by atoms with Gasteiger partial charge in [-0.25, -0.2) is 15.2 Å². The van der Waals surface area contributed by atoms with E-state index in [9.17, 15) is 17.6 Å². The highest BCUT2D eigenvalue weighted by molar-refractivity contribution is 5.87. The lowest BCUT2D eigenvalue weighted by Gasteiger charge is -2.32. The molecular formula is C23H26F4N6. The monoisotopic (exact) mass is 462 g/mol. The van der Waals surface area contributed by atoms with Gasteiger partial charge in [-0.1, -0.05) is 6.07 Å². The Morgan fingerprint density at radius 2 is 2.00 bits per heavy atom. The molecule has 1 aromatic carbocycles. The molecule has 2 aromatic rings. The SMILES string of the molecule is C=N/C(=C1/c2cc[nH]c2N=CN1N)[C@H]1CC[C@H](CNCc2ccc(F)c(C(F)(F)F)c2)CC1. The molecular weight excluding hydrogens is 436 g/mol. The van der Waals surface area contributed by atoms with Gasteiger partial charge in [-0.05, 0) is 68.6 Å². The second kappa shape index (κ2) is 9.48. The summed E-state index contributed by atoms with van der Waals surface area (Å²) in [6.45, 7) is 4.70. The van der Waals surface area contributed by atoms with Crippen molar-refractivity contribution >= 4 is 24.6 Å². The maximum Gasteiger partial charge on any atom is 0.419 e. The highest BCUT2D eigenvalue weighted by atomic mass is 19.4. The molecule has 10 heteroatoms. The summed E-state index contributed by atoms with van der Waals surface area (Å²) in [5, 5.41) is 4.70. The number of nitrogens with zero attached hydrogens (tertiary/aromatic N) is 3. The Kier molecular flexibility index (Phi) is 6.66. The quantitative estimate of drug-likeness (QED) is 0.322. The van der Waals surface area contributed by atoms with Crippen LogP contribution in [0.15, 0.2) is 46.1 Å². The normalized spacial score (nSPS) is 22.3. The third kappa shape index (κ3) is 5.01. The number of fused-ring (bicyclic) bond motifs is 1. The van der Waals surface area contributed by atoms with E-state index in [0.29, 0.717) is 18.0 Å². The maximum atomic E-state index is 13.5. The molecule has 1 fully saturated rings. The lowest BCUT2D eigenvalue weighted by Crippen LogP contribution is -2.32. The molecule has 1 aliphatic carbocycles. The number of benzene rings is 1. The topological polar surface area (TPSA) is 81.8 Å². The fourth-order valence-electron chi connectivity index (χ4n) is 4.60. The molecule has 1 aromatic heterocycles. The number of hydrogen-bond donors (Lipinski definition) is 3. The van der Waals surface area contributed by atoms with E-state index in [-0.39, 0.29) is 12.5 Å². The van der Waals surface area contributed by atoms with Gasteiger partial charge < -0.3 is 10.3 Å². The van der Waals surface area contributed by atoms with Gasteiger partial charge in [0.15, 0.2) is 0 Å². The summed E-state index contributed by atoms with van der Waals surface area (Å²) >= 11 is 0. The van der Waals surface area contributed by atoms with Crippen molar-refractivity contribution < 1.29 is 17.6 Å². The number of nitrogens with two attached hydrogens (primary N) is 1. The molecule has 0 unspecified atom stereocenters. The van der Waals surface area contributed by atoms with E-state index in [0.717, 1.165) is 60.6 Å². The molecule has 4 rings (SSSR count). The third-order valence-electron chi connectivity index (χ3n) is 6.29. The molecule has 2 heterocycles. The predicted octanol–water partition coefficient (Wildman–Crippen LogP) is 4.99. The molecule has 1 saturated carbocycles. The molecule has 4 N–H and O–H groups in total. The van der Waals surface area contributed by atoms with Crippen LogP contribution >= 0.6 is 0 Å². The van der Waals surface area contributed by atoms with Crippen LogP contribution in [-0.2, 0) is 12.7 Å². The van der Waals surface area contributed by atoms with Crippen molar-refractivity contribution in [3.05, 3.63) is 58.7 Å². The van der Waals surface area contributed by atoms with E-state index >= 15 is 0 Å². The van der Waals surface area contributed by atoms with Crippen molar-refractivity contribution in [2.24, 2.45) is 27.7 Å². The fourth-order valence-corrected chi connectivity index (χ4v) is 4.60. The minimum absolute atomic E-state index is 0.209. The van der Waals surface area contributed by atoms with Gasteiger partial charge in [0.2, 0.25) is 0 Å². The van der Waals surface area contributed by atoms with Crippen molar-refractivity contribution in [1.29, 1.82) is 0 Å². The summed E-state index contributed by atoms with van der Waals surface area (Å²) in [5.41, 5.74) is 1.72. The summed E-state index contributed by atoms with van der Waals surface area (Å²) in [6.07, 6.45) is 2.36. The number of hydrazine groups is 1. The van der Waals surface area contributed by atoms with Crippen LogP contribution in [0.5, 0.6) is 0 Å². The Balaban J connectivity index is 1.34. The maximum absolute atomic E-state index is 13.5. The smallest absolute Gasteiger partial charge is 0.346 e. The molecule has 0 spiro atoms. The predicted molar refractivity (Wildman–Crippen MR) is 120 cm³/mol. The van der Waals surface area contributed by atoms with Crippen molar-refractivity contribution in [3.63, 3.8) is 0 Å². The van der Waals surface area contributed by atoms with Crippen LogP contribution in [0, 0.1) is 17.7 Å². The van der Waals surface area contributed by atoms with E-state index in [4.69, 9.17) is 5.84 Å². The van der Waals surface area contributed by atoms with Crippen LogP contribution in [0.3, 0.4) is 0 Å². The second-order valence-corrected chi connectivity index (χ2v) is 8.44. The summed E-state index contributed by atoms with van der Waals surface area (Å²) in [6, 6.07) is 5.04. The van der Waals surface area contributed by atoms with Gasteiger partial charge in [0.1, 0.15) is 18.0 Å². The van der Waals surface area contributed by atoms with Crippen LogP contribution in [0.2, 0.25) is 0 Å². The summed E-state index contributed by atoms with van der Waals surface area (Å²) in [7, 11) is 0. The van der Waals surface area contributed by atoms with Crippen molar-refractivity contribution in [1.82, 2.24) is 15.3 Å². The van der Waals surface area contributed by atoms with Gasteiger partial charge >= 0.3 is 6.18 Å². The molecule has 6 nitrogen and oxygen atoms in total. The Bertz CT molecular complexity index is 1060. The minimum atomic E-state index is -4.70. The molecule has 0 amide bonds. The van der Waals surface area contributed by atoms with Gasteiger partial charge in [-0.2, -0.15) is 13.2 Å². The first-order valence-electron chi connectivity index (χ1n) is 10.8. The number of hydrogen-bond acceptors (Lipinski definition) is 5. The number of nitrogens with one attached hydrogen (secondary N) is 2. The first-order chi connectivity index (χ1) is 15.8. The molecule has 33 heavy (non-hydrogen) atoms. The Labute approximate surface area is 189 Å². The largest absolute Gasteiger partial charge is 0.419 e. The fraction of sp³-hybridized carbons (Fsp3) is 0.391. The highest BCUT2D eigenvalue weighted by Crippen LogP contribution is 2.40. The number of halogens is 4. The van der Waals surface area contributed by atoms with Crippen LogP contribution in [0.25, 0.3) is 5.70 Å². The summed E-state index contributed by atoms with van der Waals surface area (Å²) in [5.74, 6) is 6.24. The average Bonchev–Trinajstić information content (AvgIpc) is 3.26. The average molecular weight is 462 g/mol. The highest BCUT2D eigenvalue weighted by Gasteiger charge is 2.34. The Morgan fingerprint density at radius 3 is 2.70 bits per heavy atom. The zero-order valence-corrected chi connectivity index (χ0v) is 18.0. The van der Waals surface area contributed by atoms with Gasteiger partial charge in [-0.3, -0.25) is 10.0 Å². The number of H-pyrrole nitrogens is 1. The number of allylic oxidation sites excluding steroid dienone is 1. The summed E-state index contributed by atoms with van der Waals surface area (Å²) < 4.78 is 52.2. The lowest BCUT2D eigenvalue weighted by atomic mass is 9.79. The van der Waals surface area contributed by atoms with Crippen LogP contribution in [0.4, 0.5) is 23.4 Å². The van der Waals surface area contributed by atoms with E-state index in [1.165, 1.54) is 11.1 Å². The first kappa shape index (κ1) is 23.2. The van der Waals surface area contributed by atoms with Gasteiger partial charge in [-0.15, -0.1) is 0 Å². The molecule has 0 bridgehead atoms. The minimum Gasteiger partial charge on any atom is -0.346 e. The van der Waals surface area contributed by atoms with E-state index in [1.54, 1.807) is 6.34 Å². The second-order valence-electron chi connectivity index (χ2n) is 8.44. The molecule has 0 atom stereocenters. The van der Waals surface area contributed by atoms with E-state index in [1.807, 2.05) is 12.3 Å².